The molecular formula is C20H18F3N3O5. The Labute approximate surface area is 173 Å². The number of halogens is 3. The van der Waals surface area contributed by atoms with Gasteiger partial charge in [0.15, 0.2) is 6.61 Å². The summed E-state index contributed by atoms with van der Waals surface area (Å²) in [4.78, 5) is 31.2. The lowest BCUT2D eigenvalue weighted by Crippen LogP contribution is -2.23. The van der Waals surface area contributed by atoms with Crippen molar-refractivity contribution in [3.8, 4) is 28.7 Å². The van der Waals surface area contributed by atoms with E-state index in [9.17, 15) is 22.8 Å². The number of pyridine rings is 1. The van der Waals surface area contributed by atoms with E-state index in [1.807, 2.05) is 0 Å². The molecule has 1 aromatic carbocycles. The van der Waals surface area contributed by atoms with Crippen LogP contribution in [0.2, 0.25) is 0 Å². The molecule has 0 saturated carbocycles. The van der Waals surface area contributed by atoms with Crippen LogP contribution < -0.4 is 20.6 Å². The van der Waals surface area contributed by atoms with Crippen molar-refractivity contribution in [2.75, 3.05) is 26.9 Å². The summed E-state index contributed by atoms with van der Waals surface area (Å²) in [6.07, 6.45) is -3.03. The Bertz CT molecular complexity index is 1140. The predicted molar refractivity (Wildman–Crippen MR) is 105 cm³/mol. The van der Waals surface area contributed by atoms with E-state index >= 15 is 0 Å². The van der Waals surface area contributed by atoms with Gasteiger partial charge >= 0.3 is 12.2 Å². The Morgan fingerprint density at radius 1 is 1.03 bits per heavy atom. The molecule has 164 valence electrons. The summed E-state index contributed by atoms with van der Waals surface area (Å²) in [5.41, 5.74) is 0.0774. The van der Waals surface area contributed by atoms with Gasteiger partial charge in [-0.2, -0.15) is 18.2 Å². The van der Waals surface area contributed by atoms with Crippen LogP contribution in [-0.2, 0) is 4.74 Å². The monoisotopic (exact) mass is 437 g/mol. The first kappa shape index (κ1) is 22.1. The number of hydrogen-bond donors (Lipinski definition) is 1. The van der Waals surface area contributed by atoms with Crippen molar-refractivity contribution in [2.24, 2.45) is 0 Å². The number of aromatic nitrogens is 3. The van der Waals surface area contributed by atoms with Gasteiger partial charge in [0.05, 0.1) is 18.0 Å². The molecule has 11 heteroatoms. The van der Waals surface area contributed by atoms with Gasteiger partial charge in [-0.15, -0.1) is 0 Å². The first-order valence-electron chi connectivity index (χ1n) is 9.02. The van der Waals surface area contributed by atoms with Crippen LogP contribution in [0.15, 0.2) is 58.3 Å². The number of rotatable bonds is 8. The molecule has 0 bridgehead atoms. The quantitative estimate of drug-likeness (QED) is 0.545. The summed E-state index contributed by atoms with van der Waals surface area (Å²) >= 11 is 0. The second-order valence-corrected chi connectivity index (χ2v) is 6.28. The third-order valence-electron chi connectivity index (χ3n) is 3.97. The van der Waals surface area contributed by atoms with E-state index in [0.29, 0.717) is 11.3 Å². The molecule has 0 aliphatic heterocycles. The van der Waals surface area contributed by atoms with Gasteiger partial charge in [-0.1, -0.05) is 0 Å². The van der Waals surface area contributed by atoms with Crippen LogP contribution in [0.4, 0.5) is 13.2 Å². The molecule has 0 radical (unpaired) electrons. The Morgan fingerprint density at radius 3 is 2.42 bits per heavy atom. The molecule has 31 heavy (non-hydrogen) atoms. The number of benzene rings is 1. The van der Waals surface area contributed by atoms with E-state index in [4.69, 9.17) is 9.47 Å². The molecule has 0 spiro atoms. The summed E-state index contributed by atoms with van der Waals surface area (Å²) in [6, 6.07) is 9.45. The third kappa shape index (κ3) is 5.95. The van der Waals surface area contributed by atoms with Crippen LogP contribution >= 0.6 is 0 Å². The van der Waals surface area contributed by atoms with E-state index in [1.165, 1.54) is 49.7 Å². The van der Waals surface area contributed by atoms with Crippen molar-refractivity contribution in [2.45, 2.75) is 6.18 Å². The van der Waals surface area contributed by atoms with Gasteiger partial charge in [0.2, 0.25) is 5.56 Å². The molecule has 0 unspecified atom stereocenters. The number of methoxy groups -OCH3 is 1. The number of aromatic amines is 1. The van der Waals surface area contributed by atoms with Gasteiger partial charge in [-0.05, 0) is 30.3 Å². The summed E-state index contributed by atoms with van der Waals surface area (Å²) < 4.78 is 53.3. The van der Waals surface area contributed by atoms with E-state index in [1.54, 1.807) is 6.07 Å². The minimum Gasteiger partial charge on any atom is -0.484 e. The SMILES string of the molecule is COCCOc1nc(-c2cc[nH]c(=O)c2)cc(=O)n1-c1ccc(OCC(F)(F)F)cc1. The number of nitrogens with zero attached hydrogens (tertiary/aromatic N) is 2. The fourth-order valence-corrected chi connectivity index (χ4v) is 2.62. The fraction of sp³-hybridized carbons (Fsp3) is 0.250. The summed E-state index contributed by atoms with van der Waals surface area (Å²) in [5.74, 6) is -0.0101. The molecule has 8 nitrogen and oxygen atoms in total. The summed E-state index contributed by atoms with van der Waals surface area (Å²) in [7, 11) is 1.48. The number of H-pyrrole nitrogens is 1. The van der Waals surface area contributed by atoms with Crippen LogP contribution in [0.5, 0.6) is 11.8 Å². The largest absolute Gasteiger partial charge is 0.484 e. The zero-order chi connectivity index (χ0) is 22.4. The van der Waals surface area contributed by atoms with Crippen molar-refractivity contribution in [1.29, 1.82) is 0 Å². The second kappa shape index (κ2) is 9.47. The lowest BCUT2D eigenvalue weighted by molar-refractivity contribution is -0.153. The Hall–Kier alpha value is -3.60. The molecule has 3 aromatic rings. The highest BCUT2D eigenvalue weighted by Gasteiger charge is 2.28. The van der Waals surface area contributed by atoms with Crippen LogP contribution in [0.1, 0.15) is 0 Å². The van der Waals surface area contributed by atoms with Gasteiger partial charge < -0.3 is 19.2 Å². The highest BCUT2D eigenvalue weighted by atomic mass is 19.4. The molecule has 0 atom stereocenters. The maximum absolute atomic E-state index is 12.8. The molecule has 2 heterocycles. The minimum atomic E-state index is -4.46. The normalized spacial score (nSPS) is 11.4. The van der Waals surface area contributed by atoms with Crippen molar-refractivity contribution in [3.63, 3.8) is 0 Å². The Balaban J connectivity index is 1.98. The minimum absolute atomic E-state index is 0.0101. The van der Waals surface area contributed by atoms with E-state index in [-0.39, 0.29) is 36.2 Å². The van der Waals surface area contributed by atoms with Gasteiger partial charge in [-0.3, -0.25) is 9.59 Å². The van der Waals surface area contributed by atoms with E-state index < -0.39 is 18.3 Å². The van der Waals surface area contributed by atoms with E-state index in [0.717, 1.165) is 4.57 Å². The molecule has 0 saturated heterocycles. The second-order valence-electron chi connectivity index (χ2n) is 6.28. The van der Waals surface area contributed by atoms with Crippen LogP contribution in [-0.4, -0.2) is 47.6 Å². The molecule has 2 aromatic heterocycles. The Morgan fingerprint density at radius 2 is 1.77 bits per heavy atom. The van der Waals surface area contributed by atoms with Crippen molar-refractivity contribution in [1.82, 2.24) is 14.5 Å². The first-order chi connectivity index (χ1) is 14.8. The van der Waals surface area contributed by atoms with Crippen molar-refractivity contribution in [3.05, 3.63) is 69.4 Å². The third-order valence-corrected chi connectivity index (χ3v) is 3.97. The fourth-order valence-electron chi connectivity index (χ4n) is 2.62. The lowest BCUT2D eigenvalue weighted by Gasteiger charge is -2.15. The number of hydrogen-bond acceptors (Lipinski definition) is 6. The molecule has 1 N–H and O–H groups in total. The maximum atomic E-state index is 12.8. The van der Waals surface area contributed by atoms with Gasteiger partial charge in [0.1, 0.15) is 12.4 Å². The van der Waals surface area contributed by atoms with Crippen LogP contribution in [0.3, 0.4) is 0 Å². The van der Waals surface area contributed by atoms with Crippen molar-refractivity contribution >= 4 is 0 Å². The average molecular weight is 437 g/mol. The number of ether oxygens (including phenoxy) is 3. The molecule has 0 amide bonds. The molecule has 0 aliphatic carbocycles. The van der Waals surface area contributed by atoms with E-state index in [2.05, 4.69) is 14.7 Å². The highest BCUT2D eigenvalue weighted by Crippen LogP contribution is 2.23. The first-order valence-corrected chi connectivity index (χ1v) is 9.02. The van der Waals surface area contributed by atoms with Gasteiger partial charge in [-0.25, -0.2) is 4.57 Å². The van der Waals surface area contributed by atoms with Gasteiger partial charge in [0, 0.05) is 31.0 Å². The maximum Gasteiger partial charge on any atom is 0.422 e. The number of alkyl halides is 3. The van der Waals surface area contributed by atoms with Gasteiger partial charge in [0.25, 0.3) is 5.56 Å². The summed E-state index contributed by atoms with van der Waals surface area (Å²) in [6.45, 7) is -1.10. The topological polar surface area (TPSA) is 95.4 Å². The smallest absolute Gasteiger partial charge is 0.422 e. The number of nitrogens with one attached hydrogen (secondary N) is 1. The summed E-state index contributed by atoms with van der Waals surface area (Å²) in [5, 5.41) is 0. The lowest BCUT2D eigenvalue weighted by atomic mass is 10.2. The predicted octanol–water partition coefficient (Wildman–Crippen LogP) is 2.55. The Kier molecular flexibility index (Phi) is 6.75. The molecule has 0 fully saturated rings. The van der Waals surface area contributed by atoms with Crippen LogP contribution in [0, 0.1) is 0 Å². The van der Waals surface area contributed by atoms with Crippen LogP contribution in [0.25, 0.3) is 16.9 Å². The molecule has 3 rings (SSSR count). The van der Waals surface area contributed by atoms with Crippen molar-refractivity contribution < 1.29 is 27.4 Å². The highest BCUT2D eigenvalue weighted by molar-refractivity contribution is 5.58. The standard InChI is InChI=1S/C20H18F3N3O5/c1-29-8-9-30-19-25-16(13-6-7-24-17(27)10-13)11-18(28)26(19)14-2-4-15(5-3-14)31-12-20(21,22)23/h2-7,10-11H,8-9,12H2,1H3,(H,24,27). The zero-order valence-corrected chi connectivity index (χ0v) is 16.3. The molecular weight excluding hydrogens is 419 g/mol. The average Bonchev–Trinajstić information content (AvgIpc) is 2.72. The molecule has 0 aliphatic rings. The zero-order valence-electron chi connectivity index (χ0n) is 16.3.